The summed E-state index contributed by atoms with van der Waals surface area (Å²) in [6, 6.07) is 2.52. The zero-order chi connectivity index (χ0) is 20.7. The van der Waals surface area contributed by atoms with Crippen molar-refractivity contribution in [3.05, 3.63) is 29.1 Å². The molecule has 8 heteroatoms. The van der Waals surface area contributed by atoms with E-state index in [0.29, 0.717) is 43.6 Å². The molecule has 28 heavy (non-hydrogen) atoms. The van der Waals surface area contributed by atoms with Gasteiger partial charge in [0, 0.05) is 44.7 Å². The molecule has 0 bridgehead atoms. The van der Waals surface area contributed by atoms with Crippen LogP contribution in [-0.4, -0.2) is 62.3 Å². The second-order valence-electron chi connectivity index (χ2n) is 6.74. The average Bonchev–Trinajstić information content (AvgIpc) is 2.71. The summed E-state index contributed by atoms with van der Waals surface area (Å²) in [4.78, 5) is 38.5. The number of aldehydes is 1. The van der Waals surface area contributed by atoms with Crippen LogP contribution in [0.3, 0.4) is 0 Å². The monoisotopic (exact) mass is 392 g/mol. The summed E-state index contributed by atoms with van der Waals surface area (Å²) in [6.07, 6.45) is 1.36. The Labute approximate surface area is 165 Å². The van der Waals surface area contributed by atoms with Crippen molar-refractivity contribution in [2.75, 3.05) is 38.1 Å². The Balaban J connectivity index is 0.00000136. The van der Waals surface area contributed by atoms with Gasteiger partial charge < -0.3 is 10.2 Å². The van der Waals surface area contributed by atoms with Crippen molar-refractivity contribution in [2.24, 2.45) is 0 Å². The van der Waals surface area contributed by atoms with E-state index in [1.165, 1.54) is 6.07 Å². The van der Waals surface area contributed by atoms with Gasteiger partial charge >= 0.3 is 0 Å². The first-order valence-electron chi connectivity index (χ1n) is 9.77. The van der Waals surface area contributed by atoms with E-state index in [9.17, 15) is 18.8 Å². The molecule has 7 nitrogen and oxygen atoms in total. The third-order valence-electron chi connectivity index (χ3n) is 4.96. The van der Waals surface area contributed by atoms with Crippen molar-refractivity contribution in [3.63, 3.8) is 0 Å². The summed E-state index contributed by atoms with van der Waals surface area (Å²) in [5.41, 5.74) is 1.42. The Morgan fingerprint density at radius 3 is 2.54 bits per heavy atom. The third kappa shape index (κ3) is 5.14. The van der Waals surface area contributed by atoms with Crippen LogP contribution in [0.5, 0.6) is 0 Å². The molecule has 1 aromatic rings. The summed E-state index contributed by atoms with van der Waals surface area (Å²) in [6.45, 7) is 7.26. The summed E-state index contributed by atoms with van der Waals surface area (Å²) >= 11 is 0. The number of rotatable bonds is 5. The number of piperazine rings is 1. The predicted molar refractivity (Wildman–Crippen MR) is 106 cm³/mol. The maximum Gasteiger partial charge on any atom is 0.243 e. The molecule has 1 atom stereocenters. The van der Waals surface area contributed by atoms with Crippen LogP contribution in [0.2, 0.25) is 0 Å². The minimum atomic E-state index is -0.445. The lowest BCUT2D eigenvalue weighted by atomic mass is 10.0. The average molecular weight is 392 g/mol. The molecule has 2 amide bonds. The predicted octanol–water partition coefficient (Wildman–Crippen LogP) is 1.31. The highest BCUT2D eigenvalue weighted by molar-refractivity contribution is 6.00. The molecule has 0 aromatic heterocycles. The zero-order valence-corrected chi connectivity index (χ0v) is 16.8. The quantitative estimate of drug-likeness (QED) is 0.581. The fraction of sp³-hybridized carbons (Fsp3) is 0.550. The van der Waals surface area contributed by atoms with Gasteiger partial charge in [0.15, 0.2) is 0 Å². The first kappa shape index (κ1) is 22.0. The molecule has 2 aliphatic rings. The van der Waals surface area contributed by atoms with Crippen molar-refractivity contribution in [1.29, 1.82) is 0 Å². The van der Waals surface area contributed by atoms with Gasteiger partial charge in [-0.05, 0) is 31.2 Å². The Hall–Kier alpha value is -2.32. The largest absolute Gasteiger partial charge is 0.367 e. The van der Waals surface area contributed by atoms with E-state index in [1.54, 1.807) is 18.0 Å². The van der Waals surface area contributed by atoms with Gasteiger partial charge in [-0.3, -0.25) is 24.6 Å². The molecule has 2 fully saturated rings. The summed E-state index contributed by atoms with van der Waals surface area (Å²) in [7, 11) is 1.77. The highest BCUT2D eigenvalue weighted by atomic mass is 19.1. The van der Waals surface area contributed by atoms with Crippen molar-refractivity contribution < 1.29 is 18.8 Å². The van der Waals surface area contributed by atoms with Gasteiger partial charge in [-0.2, -0.15) is 0 Å². The number of nitrogens with zero attached hydrogens (tertiary/aromatic N) is 2. The Morgan fingerprint density at radius 1 is 1.25 bits per heavy atom. The lowest BCUT2D eigenvalue weighted by Gasteiger charge is -2.32. The molecule has 0 spiro atoms. The smallest absolute Gasteiger partial charge is 0.243 e. The second kappa shape index (κ2) is 10.3. The maximum atomic E-state index is 14.5. The Morgan fingerprint density at radius 2 is 1.93 bits per heavy atom. The number of hydrogen-bond donors (Lipinski definition) is 2. The number of nitrogens with one attached hydrogen (secondary N) is 2. The summed E-state index contributed by atoms with van der Waals surface area (Å²) in [5, 5.41) is 5.56. The standard InChI is InChI=1S/C18H23FN4O3.C2H6/c1-22(15-2-3-17(25)21-18(15)26)10-12-9-16(14(19)8-13(12)11-24)23-6-4-20-5-7-23;1-2/h8-9,11,15,20H,2-7,10H2,1H3,(H,21,25,26);1-2H3. The van der Waals surface area contributed by atoms with E-state index in [4.69, 9.17) is 0 Å². The molecule has 2 saturated heterocycles. The van der Waals surface area contributed by atoms with E-state index in [2.05, 4.69) is 10.6 Å². The molecular formula is C20H29FN4O3. The number of likely N-dealkylation sites (N-methyl/N-ethyl adjacent to an activating group) is 1. The number of carbonyl (C=O) groups is 3. The molecule has 0 aliphatic carbocycles. The lowest BCUT2D eigenvalue weighted by Crippen LogP contribution is -2.51. The number of piperidine rings is 1. The van der Waals surface area contributed by atoms with Gasteiger partial charge in [0.1, 0.15) is 12.1 Å². The Kier molecular flexibility index (Phi) is 8.07. The van der Waals surface area contributed by atoms with Crippen LogP contribution in [0, 0.1) is 5.82 Å². The SMILES string of the molecule is CC.CN(Cc1cc(N2CCNCC2)c(F)cc1C=O)C1CCC(=O)NC1=O. The van der Waals surface area contributed by atoms with Crippen molar-refractivity contribution >= 4 is 23.8 Å². The minimum Gasteiger partial charge on any atom is -0.367 e. The number of benzene rings is 1. The fourth-order valence-electron chi connectivity index (χ4n) is 3.50. The topological polar surface area (TPSA) is 81.8 Å². The second-order valence-corrected chi connectivity index (χ2v) is 6.74. The van der Waals surface area contributed by atoms with E-state index in [0.717, 1.165) is 13.1 Å². The lowest BCUT2D eigenvalue weighted by molar-refractivity contribution is -0.137. The van der Waals surface area contributed by atoms with Crippen LogP contribution >= 0.6 is 0 Å². The Bertz CT molecular complexity index is 720. The zero-order valence-electron chi connectivity index (χ0n) is 16.8. The highest BCUT2D eigenvalue weighted by Crippen LogP contribution is 2.25. The fourth-order valence-corrected chi connectivity index (χ4v) is 3.50. The first-order valence-corrected chi connectivity index (χ1v) is 9.77. The van der Waals surface area contributed by atoms with Crippen LogP contribution in [0.1, 0.15) is 42.6 Å². The number of carbonyl (C=O) groups excluding carboxylic acids is 3. The van der Waals surface area contributed by atoms with Crippen LogP contribution in [0.25, 0.3) is 0 Å². The first-order chi connectivity index (χ1) is 13.5. The molecule has 3 rings (SSSR count). The third-order valence-corrected chi connectivity index (χ3v) is 4.96. The maximum absolute atomic E-state index is 14.5. The normalized spacial score (nSPS) is 19.8. The van der Waals surface area contributed by atoms with Gasteiger partial charge in [-0.15, -0.1) is 0 Å². The van der Waals surface area contributed by atoms with Gasteiger partial charge in [0.2, 0.25) is 11.8 Å². The highest BCUT2D eigenvalue weighted by Gasteiger charge is 2.30. The van der Waals surface area contributed by atoms with Crippen molar-refractivity contribution in [1.82, 2.24) is 15.5 Å². The van der Waals surface area contributed by atoms with Crippen LogP contribution in [0.15, 0.2) is 12.1 Å². The molecule has 0 saturated carbocycles. The molecule has 154 valence electrons. The van der Waals surface area contributed by atoms with Gasteiger partial charge in [0.25, 0.3) is 0 Å². The van der Waals surface area contributed by atoms with Crippen LogP contribution in [-0.2, 0) is 16.1 Å². The van der Waals surface area contributed by atoms with Crippen molar-refractivity contribution in [3.8, 4) is 0 Å². The van der Waals surface area contributed by atoms with Crippen LogP contribution < -0.4 is 15.5 Å². The molecule has 1 unspecified atom stereocenters. The van der Waals surface area contributed by atoms with Gasteiger partial charge in [-0.1, -0.05) is 13.8 Å². The summed E-state index contributed by atoms with van der Waals surface area (Å²) < 4.78 is 14.5. The number of amides is 2. The number of hydrogen-bond acceptors (Lipinski definition) is 6. The molecule has 0 radical (unpaired) electrons. The molecular weight excluding hydrogens is 363 g/mol. The summed E-state index contributed by atoms with van der Waals surface area (Å²) in [5.74, 6) is -1.02. The van der Waals surface area contributed by atoms with Crippen LogP contribution in [0.4, 0.5) is 10.1 Å². The minimum absolute atomic E-state index is 0.268. The van der Waals surface area contributed by atoms with E-state index in [-0.39, 0.29) is 23.8 Å². The molecule has 2 N–H and O–H groups in total. The number of anilines is 1. The van der Waals surface area contributed by atoms with E-state index < -0.39 is 11.9 Å². The molecule has 2 heterocycles. The van der Waals surface area contributed by atoms with Gasteiger partial charge in [-0.25, -0.2) is 4.39 Å². The van der Waals surface area contributed by atoms with E-state index in [1.807, 2.05) is 18.7 Å². The number of imide groups is 1. The van der Waals surface area contributed by atoms with Crippen molar-refractivity contribution in [2.45, 2.75) is 39.3 Å². The van der Waals surface area contributed by atoms with E-state index >= 15 is 0 Å². The number of halogens is 1. The molecule has 2 aliphatic heterocycles. The molecule has 1 aromatic carbocycles. The van der Waals surface area contributed by atoms with Gasteiger partial charge in [0.05, 0.1) is 11.7 Å².